The summed E-state index contributed by atoms with van der Waals surface area (Å²) in [5, 5.41) is 15.4. The van der Waals surface area contributed by atoms with Crippen LogP contribution in [0.25, 0.3) is 119 Å². The standard InChI is InChI=1S/C54H32N2S/c1-3-13-36(14-4-1)55-47-29-25-34(31-45(47)43-27-23-33-24-28-44-40-19-11-12-22-49(40)57-54(44)50(33)52(43)55)35-26-30-48-46(32-35)51-41-20-9-7-17-38(41)39-18-8-10-21-42(39)53(51)56(48)37-15-5-2-6-16-37/h1-32H. The molecule has 10 aromatic carbocycles. The fourth-order valence-electron chi connectivity index (χ4n) is 9.82. The monoisotopic (exact) mass is 740 g/mol. The molecule has 0 N–H and O–H groups in total. The Balaban J connectivity index is 1.13. The second-order valence-corrected chi connectivity index (χ2v) is 16.3. The number of hydrogen-bond acceptors (Lipinski definition) is 1. The Bertz CT molecular complexity index is 3790. The highest BCUT2D eigenvalue weighted by Crippen LogP contribution is 2.46. The summed E-state index contributed by atoms with van der Waals surface area (Å²) in [5.41, 5.74) is 9.70. The van der Waals surface area contributed by atoms with Gasteiger partial charge in [0.1, 0.15) is 0 Å². The molecule has 57 heavy (non-hydrogen) atoms. The van der Waals surface area contributed by atoms with Crippen LogP contribution in [0.4, 0.5) is 0 Å². The molecule has 3 heterocycles. The van der Waals surface area contributed by atoms with Crippen molar-refractivity contribution in [3.8, 4) is 22.5 Å². The molecule has 0 aliphatic carbocycles. The molecule has 0 atom stereocenters. The van der Waals surface area contributed by atoms with Crippen molar-refractivity contribution in [3.05, 3.63) is 194 Å². The van der Waals surface area contributed by atoms with Gasteiger partial charge < -0.3 is 9.13 Å². The van der Waals surface area contributed by atoms with Crippen molar-refractivity contribution in [3.63, 3.8) is 0 Å². The third-order valence-electron chi connectivity index (χ3n) is 12.2. The molecule has 0 saturated carbocycles. The first-order valence-corrected chi connectivity index (χ1v) is 20.4. The number of fused-ring (bicyclic) bond motifs is 17. The molecule has 0 unspecified atom stereocenters. The van der Waals surface area contributed by atoms with Crippen LogP contribution in [0, 0.1) is 0 Å². The van der Waals surface area contributed by atoms with E-state index in [-0.39, 0.29) is 0 Å². The Morgan fingerprint density at radius 3 is 1.49 bits per heavy atom. The van der Waals surface area contributed by atoms with Gasteiger partial charge in [0, 0.05) is 63.9 Å². The molecule has 0 radical (unpaired) electrons. The molecule has 0 fully saturated rings. The van der Waals surface area contributed by atoms with Crippen LogP contribution in [0.2, 0.25) is 0 Å². The van der Waals surface area contributed by atoms with Crippen LogP contribution < -0.4 is 0 Å². The maximum atomic E-state index is 2.49. The van der Waals surface area contributed by atoms with E-state index >= 15 is 0 Å². The normalized spacial score (nSPS) is 12.2. The zero-order valence-electron chi connectivity index (χ0n) is 30.8. The first-order chi connectivity index (χ1) is 28.3. The topological polar surface area (TPSA) is 9.86 Å². The summed E-state index contributed by atoms with van der Waals surface area (Å²) in [7, 11) is 0. The second-order valence-electron chi connectivity index (χ2n) is 15.2. The van der Waals surface area contributed by atoms with Crippen molar-refractivity contribution in [2.24, 2.45) is 0 Å². The van der Waals surface area contributed by atoms with Gasteiger partial charge in [0.15, 0.2) is 0 Å². The van der Waals surface area contributed by atoms with Gasteiger partial charge in [-0.25, -0.2) is 0 Å². The number of para-hydroxylation sites is 2. The van der Waals surface area contributed by atoms with E-state index in [0.29, 0.717) is 0 Å². The van der Waals surface area contributed by atoms with E-state index in [2.05, 4.69) is 203 Å². The third-order valence-corrected chi connectivity index (χ3v) is 13.5. The van der Waals surface area contributed by atoms with Crippen LogP contribution in [-0.2, 0) is 0 Å². The van der Waals surface area contributed by atoms with Crippen molar-refractivity contribution < 1.29 is 0 Å². The van der Waals surface area contributed by atoms with E-state index < -0.39 is 0 Å². The molecular formula is C54H32N2S. The van der Waals surface area contributed by atoms with Crippen LogP contribution in [0.3, 0.4) is 0 Å². The van der Waals surface area contributed by atoms with E-state index in [4.69, 9.17) is 0 Å². The van der Waals surface area contributed by atoms with Gasteiger partial charge in [-0.2, -0.15) is 0 Å². The van der Waals surface area contributed by atoms with Crippen LogP contribution in [0.1, 0.15) is 0 Å². The molecule has 0 bridgehead atoms. The smallest absolute Gasteiger partial charge is 0.0633 e. The lowest BCUT2D eigenvalue weighted by Crippen LogP contribution is -1.94. The van der Waals surface area contributed by atoms with Crippen LogP contribution in [0.5, 0.6) is 0 Å². The number of thiophene rings is 1. The number of hydrogen-bond donors (Lipinski definition) is 0. The Hall–Kier alpha value is -7.20. The van der Waals surface area contributed by atoms with Gasteiger partial charge in [-0.3, -0.25) is 0 Å². The number of aromatic nitrogens is 2. The van der Waals surface area contributed by atoms with Crippen LogP contribution in [0.15, 0.2) is 194 Å². The largest absolute Gasteiger partial charge is 0.309 e. The minimum atomic E-state index is 1.17. The minimum Gasteiger partial charge on any atom is -0.309 e. The first-order valence-electron chi connectivity index (χ1n) is 19.6. The Kier molecular flexibility index (Phi) is 6.35. The Morgan fingerprint density at radius 1 is 0.316 bits per heavy atom. The molecule has 0 spiro atoms. The molecule has 0 aliphatic heterocycles. The van der Waals surface area contributed by atoms with Crippen molar-refractivity contribution in [2.75, 3.05) is 0 Å². The van der Waals surface area contributed by atoms with Crippen molar-refractivity contribution in [1.82, 2.24) is 9.13 Å². The second kappa shape index (κ2) is 11.7. The van der Waals surface area contributed by atoms with Gasteiger partial charge in [-0.05, 0) is 87.3 Å². The van der Waals surface area contributed by atoms with Gasteiger partial charge in [-0.1, -0.05) is 140 Å². The predicted molar refractivity (Wildman–Crippen MR) is 246 cm³/mol. The highest BCUT2D eigenvalue weighted by Gasteiger charge is 2.22. The number of benzene rings is 10. The zero-order valence-corrected chi connectivity index (χ0v) is 31.6. The van der Waals surface area contributed by atoms with Gasteiger partial charge in [0.2, 0.25) is 0 Å². The molecule has 0 amide bonds. The summed E-state index contributed by atoms with van der Waals surface area (Å²) in [6, 6.07) is 71.8. The maximum Gasteiger partial charge on any atom is 0.0633 e. The van der Waals surface area contributed by atoms with Crippen LogP contribution >= 0.6 is 11.3 Å². The minimum absolute atomic E-state index is 1.17. The van der Waals surface area contributed by atoms with Gasteiger partial charge in [0.25, 0.3) is 0 Å². The van der Waals surface area contributed by atoms with Crippen molar-refractivity contribution >= 4 is 107 Å². The Morgan fingerprint density at radius 2 is 0.807 bits per heavy atom. The summed E-state index contributed by atoms with van der Waals surface area (Å²) < 4.78 is 7.64. The van der Waals surface area contributed by atoms with Crippen molar-refractivity contribution in [1.29, 1.82) is 0 Å². The molecular weight excluding hydrogens is 709 g/mol. The van der Waals surface area contributed by atoms with Gasteiger partial charge in [-0.15, -0.1) is 11.3 Å². The molecule has 0 aliphatic rings. The summed E-state index contributed by atoms with van der Waals surface area (Å²) in [6.45, 7) is 0. The third kappa shape index (κ3) is 4.29. The molecule has 3 aromatic heterocycles. The summed E-state index contributed by atoms with van der Waals surface area (Å²) in [4.78, 5) is 0. The molecule has 2 nitrogen and oxygen atoms in total. The van der Waals surface area contributed by atoms with E-state index in [0.717, 1.165) is 0 Å². The highest BCUT2D eigenvalue weighted by molar-refractivity contribution is 7.26. The average molecular weight is 741 g/mol. The van der Waals surface area contributed by atoms with Crippen LogP contribution in [-0.4, -0.2) is 9.13 Å². The highest BCUT2D eigenvalue weighted by atomic mass is 32.1. The van der Waals surface area contributed by atoms with E-state index in [9.17, 15) is 0 Å². The first kappa shape index (κ1) is 31.1. The average Bonchev–Trinajstić information content (AvgIpc) is 3.95. The lowest BCUT2D eigenvalue weighted by Gasteiger charge is -2.12. The predicted octanol–water partition coefficient (Wildman–Crippen LogP) is 15.4. The molecule has 13 aromatic rings. The lowest BCUT2D eigenvalue weighted by atomic mass is 9.95. The summed E-state index contributed by atoms with van der Waals surface area (Å²) in [6.07, 6.45) is 0. The van der Waals surface area contributed by atoms with E-state index in [1.807, 2.05) is 11.3 Å². The fourth-order valence-corrected chi connectivity index (χ4v) is 11.1. The van der Waals surface area contributed by atoms with Gasteiger partial charge in [0.05, 0.1) is 22.1 Å². The van der Waals surface area contributed by atoms with E-state index in [1.54, 1.807) is 0 Å². The fraction of sp³-hybridized carbons (Fsp3) is 0. The quantitative estimate of drug-likeness (QED) is 0.160. The zero-order chi connectivity index (χ0) is 37.2. The number of rotatable bonds is 3. The summed E-state index contributed by atoms with van der Waals surface area (Å²) >= 11 is 1.91. The molecule has 0 saturated heterocycles. The number of nitrogens with zero attached hydrogens (tertiary/aromatic N) is 2. The van der Waals surface area contributed by atoms with E-state index in [1.165, 1.54) is 119 Å². The van der Waals surface area contributed by atoms with Gasteiger partial charge >= 0.3 is 0 Å². The molecule has 264 valence electrons. The Labute approximate surface area is 331 Å². The maximum absolute atomic E-state index is 2.49. The lowest BCUT2D eigenvalue weighted by molar-refractivity contribution is 1.19. The summed E-state index contributed by atoms with van der Waals surface area (Å²) in [5.74, 6) is 0. The van der Waals surface area contributed by atoms with Crippen molar-refractivity contribution in [2.45, 2.75) is 0 Å². The SMILES string of the molecule is c1ccc(-n2c3ccc(-c4ccc5c(c4)c4ccc6ccc7c8ccccc8sc7c6c4n5-c4ccccc4)cc3c3c4ccccc4c4ccccc4c32)cc1. The molecule has 3 heteroatoms. The molecule has 13 rings (SSSR count).